The van der Waals surface area contributed by atoms with Crippen molar-refractivity contribution in [2.75, 3.05) is 0 Å². The van der Waals surface area contributed by atoms with E-state index in [1.165, 1.54) is 12.2 Å². The predicted octanol–water partition coefficient (Wildman–Crippen LogP) is -2.47. The van der Waals surface area contributed by atoms with Crippen LogP contribution in [-0.2, 0) is 10.1 Å². The molecular weight excluding hydrogens is 233 g/mol. The van der Waals surface area contributed by atoms with E-state index in [9.17, 15) is 13.0 Å². The van der Waals surface area contributed by atoms with E-state index in [4.69, 9.17) is 0 Å². The maximum atomic E-state index is 10.6. The molecule has 0 fully saturated rings. The van der Waals surface area contributed by atoms with E-state index in [1.54, 1.807) is 0 Å². The average Bonchev–Trinajstić information content (AvgIpc) is 2.47. The van der Waals surface area contributed by atoms with Crippen molar-refractivity contribution in [1.82, 2.24) is 0 Å². The van der Waals surface area contributed by atoms with E-state index in [0.29, 0.717) is 11.4 Å². The molecule has 0 aromatic rings. The fourth-order valence-electron chi connectivity index (χ4n) is 1.06. The summed E-state index contributed by atoms with van der Waals surface area (Å²) in [7, 11) is -4.36. The Morgan fingerprint density at radius 3 is 2.71 bits per heavy atom. The zero-order chi connectivity index (χ0) is 9.47. The number of nitrogens with zero attached hydrogens (tertiary/aromatic N) is 3. The second-order valence-corrected chi connectivity index (χ2v) is 3.98. The summed E-state index contributed by atoms with van der Waals surface area (Å²) in [6.45, 7) is 0. The van der Waals surface area contributed by atoms with Crippen LogP contribution in [0.1, 0.15) is 6.42 Å². The molecule has 0 amide bonds. The van der Waals surface area contributed by atoms with Crippen molar-refractivity contribution in [2.24, 2.45) is 15.4 Å². The Morgan fingerprint density at radius 2 is 2.07 bits per heavy atom. The van der Waals surface area contributed by atoms with Crippen LogP contribution < -0.4 is 51.4 Å². The summed E-state index contributed by atoms with van der Waals surface area (Å²) >= 11 is 0. The maximum absolute atomic E-state index is 10.6. The molecule has 0 atom stereocenters. The smallest absolute Gasteiger partial charge is 0.744 e. The molecule has 8 heteroatoms. The molecule has 0 unspecified atom stereocenters. The molecule has 6 nitrogen and oxygen atoms in total. The molecule has 0 spiro atoms. The molecule has 0 saturated carbocycles. The van der Waals surface area contributed by atoms with E-state index in [1.807, 2.05) is 0 Å². The van der Waals surface area contributed by atoms with Gasteiger partial charge >= 0.3 is 51.4 Å². The van der Waals surface area contributed by atoms with Crippen molar-refractivity contribution in [3.63, 3.8) is 0 Å². The quantitative estimate of drug-likeness (QED) is 0.373. The van der Waals surface area contributed by atoms with Gasteiger partial charge in [0.1, 0.15) is 15.8 Å². The van der Waals surface area contributed by atoms with Crippen molar-refractivity contribution in [3.05, 3.63) is 22.8 Å². The Labute approximate surface area is 123 Å². The maximum Gasteiger partial charge on any atom is 1.00 e. The SMILES string of the molecule is O=S(=O)([O-])C1=CC=C2N=NN=C2C1.[K+]. The van der Waals surface area contributed by atoms with Gasteiger partial charge in [-0.1, -0.05) is 0 Å². The molecule has 0 aromatic carbocycles. The Balaban J connectivity index is 0.000000980. The van der Waals surface area contributed by atoms with E-state index in [0.717, 1.165) is 0 Å². The first kappa shape index (κ1) is 12.4. The number of rotatable bonds is 1. The third-order valence-corrected chi connectivity index (χ3v) is 2.63. The number of hydrogen-bond acceptors (Lipinski definition) is 6. The van der Waals surface area contributed by atoms with Gasteiger partial charge in [0.15, 0.2) is 0 Å². The van der Waals surface area contributed by atoms with Crippen molar-refractivity contribution >= 4 is 15.8 Å². The van der Waals surface area contributed by atoms with E-state index < -0.39 is 10.1 Å². The summed E-state index contributed by atoms with van der Waals surface area (Å²) in [5.41, 5.74) is 0.948. The van der Waals surface area contributed by atoms with Crippen LogP contribution in [0.25, 0.3) is 0 Å². The average molecular weight is 237 g/mol. The zero-order valence-electron chi connectivity index (χ0n) is 7.34. The van der Waals surface area contributed by atoms with Gasteiger partial charge in [-0.2, -0.15) is 0 Å². The normalized spacial score (nSPS) is 19.1. The second-order valence-electron chi connectivity index (χ2n) is 2.55. The van der Waals surface area contributed by atoms with Crippen LogP contribution in [0.2, 0.25) is 0 Å². The molecule has 2 rings (SSSR count). The topological polar surface area (TPSA) is 94.3 Å². The van der Waals surface area contributed by atoms with Crippen LogP contribution in [0.15, 0.2) is 38.2 Å². The summed E-state index contributed by atoms with van der Waals surface area (Å²) in [4.78, 5) is -0.192. The minimum absolute atomic E-state index is 0. The first-order valence-corrected chi connectivity index (χ1v) is 4.83. The van der Waals surface area contributed by atoms with E-state index in [-0.39, 0.29) is 62.7 Å². The molecule has 0 bridgehead atoms. The monoisotopic (exact) mass is 237 g/mol. The van der Waals surface area contributed by atoms with Crippen LogP contribution >= 0.6 is 0 Å². The van der Waals surface area contributed by atoms with Gasteiger partial charge in [-0.3, -0.25) is 0 Å². The van der Waals surface area contributed by atoms with Gasteiger partial charge in [-0.15, -0.1) is 10.2 Å². The molecule has 1 heterocycles. The first-order chi connectivity index (χ1) is 6.07. The van der Waals surface area contributed by atoms with Crippen LogP contribution in [0.3, 0.4) is 0 Å². The minimum Gasteiger partial charge on any atom is -0.744 e. The molecule has 0 saturated heterocycles. The van der Waals surface area contributed by atoms with Gasteiger partial charge in [0.05, 0.1) is 5.71 Å². The Hall–Kier alpha value is 0.296. The Morgan fingerprint density at radius 1 is 1.36 bits per heavy atom. The Kier molecular flexibility index (Phi) is 3.92. The van der Waals surface area contributed by atoms with E-state index >= 15 is 0 Å². The molecule has 0 radical (unpaired) electrons. The van der Waals surface area contributed by atoms with Gasteiger partial charge in [0, 0.05) is 11.3 Å². The molecule has 2 aliphatic rings. The van der Waals surface area contributed by atoms with Crippen molar-refractivity contribution in [3.8, 4) is 0 Å². The largest absolute Gasteiger partial charge is 1.00 e. The molecule has 0 N–H and O–H groups in total. The van der Waals surface area contributed by atoms with E-state index in [2.05, 4.69) is 15.4 Å². The van der Waals surface area contributed by atoms with Crippen molar-refractivity contribution < 1.29 is 64.4 Å². The molecule has 68 valence electrons. The minimum atomic E-state index is -4.36. The Bertz CT molecular complexity index is 475. The van der Waals surface area contributed by atoms with Crippen molar-refractivity contribution in [1.29, 1.82) is 0 Å². The summed E-state index contributed by atoms with van der Waals surface area (Å²) in [5, 5.41) is 10.6. The van der Waals surface area contributed by atoms with Crippen LogP contribution in [0.5, 0.6) is 0 Å². The van der Waals surface area contributed by atoms with Gasteiger partial charge in [0.2, 0.25) is 0 Å². The second kappa shape index (κ2) is 4.43. The summed E-state index contributed by atoms with van der Waals surface area (Å²) in [5.74, 6) is 0. The summed E-state index contributed by atoms with van der Waals surface area (Å²) in [6, 6.07) is 0. The molecule has 1 aliphatic carbocycles. The summed E-state index contributed by atoms with van der Waals surface area (Å²) in [6.07, 6.45) is 2.65. The van der Waals surface area contributed by atoms with Crippen LogP contribution in [-0.4, -0.2) is 18.7 Å². The zero-order valence-corrected chi connectivity index (χ0v) is 11.3. The van der Waals surface area contributed by atoms with Gasteiger partial charge < -0.3 is 4.55 Å². The molecule has 0 aromatic heterocycles. The number of fused-ring (bicyclic) bond motifs is 1. The fraction of sp³-hybridized carbons (Fsp3) is 0.167. The van der Waals surface area contributed by atoms with Gasteiger partial charge in [-0.05, 0) is 17.4 Å². The van der Waals surface area contributed by atoms with Crippen LogP contribution in [0, 0.1) is 0 Å². The standard InChI is InChI=1S/C6H5N3O3S.K/c10-13(11,12)4-1-2-5-6(3-4)8-9-7-5;/h1-2H,3H2,(H,10,11,12);/q;+1/p-1. The first-order valence-electron chi connectivity index (χ1n) is 3.42. The van der Waals surface area contributed by atoms with Gasteiger partial charge in [0.25, 0.3) is 0 Å². The van der Waals surface area contributed by atoms with Crippen molar-refractivity contribution in [2.45, 2.75) is 6.42 Å². The summed E-state index contributed by atoms with van der Waals surface area (Å²) < 4.78 is 31.8. The third-order valence-electron chi connectivity index (χ3n) is 1.70. The van der Waals surface area contributed by atoms with Crippen LogP contribution in [0.4, 0.5) is 0 Å². The molecular formula is C6H4KN3O3S. The predicted molar refractivity (Wildman–Crippen MR) is 42.8 cm³/mol. The molecule has 14 heavy (non-hydrogen) atoms. The number of hydrogen-bond donors (Lipinski definition) is 0. The number of allylic oxidation sites excluding steroid dienone is 4. The molecule has 1 aliphatic heterocycles. The fourth-order valence-corrected chi connectivity index (χ4v) is 1.60. The van der Waals surface area contributed by atoms with Gasteiger partial charge in [-0.25, -0.2) is 8.42 Å². The third kappa shape index (κ3) is 2.45.